The maximum atomic E-state index is 10.8. The van der Waals surface area contributed by atoms with Crippen LogP contribution in [-0.4, -0.2) is 16.7 Å². The quantitative estimate of drug-likeness (QED) is 0.907. The molecule has 0 aliphatic rings. The summed E-state index contributed by atoms with van der Waals surface area (Å²) in [5, 5.41) is 8.87. The molecule has 0 bridgehead atoms. The van der Waals surface area contributed by atoms with E-state index in [1.165, 1.54) is 0 Å². The van der Waals surface area contributed by atoms with Crippen molar-refractivity contribution in [3.05, 3.63) is 54.1 Å². The summed E-state index contributed by atoms with van der Waals surface area (Å²) in [7, 11) is 0. The first-order valence-corrected chi connectivity index (χ1v) is 6.48. The SMILES string of the molecule is CC(C)(C)Oc1ccc(-c2ccc(C(=O)O)cc2)cc1. The van der Waals surface area contributed by atoms with Crippen LogP contribution in [-0.2, 0) is 0 Å². The number of hydrogen-bond acceptors (Lipinski definition) is 2. The molecule has 3 heteroatoms. The van der Waals surface area contributed by atoms with Gasteiger partial charge in [0.2, 0.25) is 0 Å². The van der Waals surface area contributed by atoms with E-state index in [1.807, 2.05) is 57.2 Å². The number of carboxylic acids is 1. The Morgan fingerprint density at radius 1 is 0.900 bits per heavy atom. The average Bonchev–Trinajstić information content (AvgIpc) is 2.38. The lowest BCUT2D eigenvalue weighted by Gasteiger charge is -2.21. The van der Waals surface area contributed by atoms with Crippen LogP contribution in [0.15, 0.2) is 48.5 Å². The molecule has 0 aromatic heterocycles. The van der Waals surface area contributed by atoms with Gasteiger partial charge in [0, 0.05) is 0 Å². The van der Waals surface area contributed by atoms with E-state index in [4.69, 9.17) is 9.84 Å². The van der Waals surface area contributed by atoms with Gasteiger partial charge < -0.3 is 9.84 Å². The van der Waals surface area contributed by atoms with Crippen molar-refractivity contribution in [3.63, 3.8) is 0 Å². The molecule has 20 heavy (non-hydrogen) atoms. The second-order valence-electron chi connectivity index (χ2n) is 5.62. The molecule has 2 rings (SSSR count). The maximum absolute atomic E-state index is 10.8. The van der Waals surface area contributed by atoms with Gasteiger partial charge in [-0.3, -0.25) is 0 Å². The molecule has 0 aliphatic carbocycles. The highest BCUT2D eigenvalue weighted by molar-refractivity contribution is 5.88. The Hall–Kier alpha value is -2.29. The van der Waals surface area contributed by atoms with E-state index in [-0.39, 0.29) is 5.60 Å². The van der Waals surface area contributed by atoms with Crippen molar-refractivity contribution < 1.29 is 14.6 Å². The first-order valence-electron chi connectivity index (χ1n) is 6.48. The van der Waals surface area contributed by atoms with Gasteiger partial charge in [-0.1, -0.05) is 24.3 Å². The van der Waals surface area contributed by atoms with Crippen molar-refractivity contribution in [2.24, 2.45) is 0 Å². The van der Waals surface area contributed by atoms with Crippen LogP contribution < -0.4 is 4.74 Å². The zero-order valence-corrected chi connectivity index (χ0v) is 11.9. The van der Waals surface area contributed by atoms with Crippen molar-refractivity contribution in [3.8, 4) is 16.9 Å². The van der Waals surface area contributed by atoms with Crippen LogP contribution in [0.5, 0.6) is 5.75 Å². The Balaban J connectivity index is 2.19. The number of hydrogen-bond donors (Lipinski definition) is 1. The van der Waals surface area contributed by atoms with Gasteiger partial charge in [-0.25, -0.2) is 4.79 Å². The third-order valence-electron chi connectivity index (χ3n) is 2.74. The minimum Gasteiger partial charge on any atom is -0.488 e. The van der Waals surface area contributed by atoms with Gasteiger partial charge in [-0.2, -0.15) is 0 Å². The average molecular weight is 270 g/mol. The summed E-state index contributed by atoms with van der Waals surface area (Å²) in [5.74, 6) is -0.0890. The fourth-order valence-electron chi connectivity index (χ4n) is 1.87. The molecule has 0 saturated carbocycles. The van der Waals surface area contributed by atoms with Gasteiger partial charge >= 0.3 is 5.97 Å². The van der Waals surface area contributed by atoms with E-state index in [1.54, 1.807) is 12.1 Å². The second-order valence-corrected chi connectivity index (χ2v) is 5.62. The minimum atomic E-state index is -0.912. The zero-order chi connectivity index (χ0) is 14.8. The Morgan fingerprint density at radius 3 is 1.75 bits per heavy atom. The van der Waals surface area contributed by atoms with Crippen LogP contribution >= 0.6 is 0 Å². The number of aromatic carboxylic acids is 1. The van der Waals surface area contributed by atoms with Crippen LogP contribution in [0.1, 0.15) is 31.1 Å². The molecule has 3 nitrogen and oxygen atoms in total. The van der Waals surface area contributed by atoms with E-state index in [9.17, 15) is 4.79 Å². The highest BCUT2D eigenvalue weighted by Gasteiger charge is 2.11. The van der Waals surface area contributed by atoms with E-state index < -0.39 is 5.97 Å². The van der Waals surface area contributed by atoms with Crippen LogP contribution in [0.3, 0.4) is 0 Å². The van der Waals surface area contributed by atoms with Crippen LogP contribution in [0.2, 0.25) is 0 Å². The first-order chi connectivity index (χ1) is 9.35. The molecule has 0 amide bonds. The summed E-state index contributed by atoms with van der Waals surface area (Å²) in [6.07, 6.45) is 0. The minimum absolute atomic E-state index is 0.218. The standard InChI is InChI=1S/C17H18O3/c1-17(2,3)20-15-10-8-13(9-11-15)12-4-6-14(7-5-12)16(18)19/h4-11H,1-3H3,(H,18,19). The van der Waals surface area contributed by atoms with Crippen molar-refractivity contribution >= 4 is 5.97 Å². The third kappa shape index (κ3) is 3.60. The molecule has 0 aliphatic heterocycles. The van der Waals surface area contributed by atoms with Gasteiger partial charge in [-0.05, 0) is 56.2 Å². The van der Waals surface area contributed by atoms with Crippen LogP contribution in [0, 0.1) is 0 Å². The molecular formula is C17H18O3. The molecule has 0 saturated heterocycles. The molecule has 0 unspecified atom stereocenters. The highest BCUT2D eigenvalue weighted by atomic mass is 16.5. The van der Waals surface area contributed by atoms with Crippen LogP contribution in [0.4, 0.5) is 0 Å². The molecule has 0 spiro atoms. The van der Waals surface area contributed by atoms with Crippen molar-refractivity contribution in [1.29, 1.82) is 0 Å². The largest absolute Gasteiger partial charge is 0.488 e. The normalized spacial score (nSPS) is 11.2. The Morgan fingerprint density at radius 2 is 1.35 bits per heavy atom. The number of ether oxygens (including phenoxy) is 1. The highest BCUT2D eigenvalue weighted by Crippen LogP contribution is 2.24. The van der Waals surface area contributed by atoms with Crippen molar-refractivity contribution in [2.75, 3.05) is 0 Å². The maximum Gasteiger partial charge on any atom is 0.335 e. The van der Waals surface area contributed by atoms with Gasteiger partial charge in [0.1, 0.15) is 11.4 Å². The zero-order valence-electron chi connectivity index (χ0n) is 11.9. The van der Waals surface area contributed by atoms with Crippen LogP contribution in [0.25, 0.3) is 11.1 Å². The molecule has 0 fully saturated rings. The second kappa shape index (κ2) is 5.37. The first kappa shape index (κ1) is 14.1. The summed E-state index contributed by atoms with van der Waals surface area (Å²) in [6, 6.07) is 14.6. The summed E-state index contributed by atoms with van der Waals surface area (Å²) in [5.41, 5.74) is 2.09. The number of carbonyl (C=O) groups is 1. The fraction of sp³-hybridized carbons (Fsp3) is 0.235. The molecule has 104 valence electrons. The van der Waals surface area contributed by atoms with Crippen molar-refractivity contribution in [1.82, 2.24) is 0 Å². The smallest absolute Gasteiger partial charge is 0.335 e. The lowest BCUT2D eigenvalue weighted by atomic mass is 10.0. The van der Waals surface area contributed by atoms with Gasteiger partial charge in [0.15, 0.2) is 0 Å². The lowest BCUT2D eigenvalue weighted by molar-refractivity contribution is 0.0697. The summed E-state index contributed by atoms with van der Waals surface area (Å²) in [6.45, 7) is 6.02. The van der Waals surface area contributed by atoms with E-state index in [0.717, 1.165) is 16.9 Å². The molecule has 1 N–H and O–H groups in total. The molecular weight excluding hydrogens is 252 g/mol. The fourth-order valence-corrected chi connectivity index (χ4v) is 1.87. The molecule has 2 aromatic rings. The van der Waals surface area contributed by atoms with Gasteiger partial charge in [0.05, 0.1) is 5.56 Å². The monoisotopic (exact) mass is 270 g/mol. The summed E-state index contributed by atoms with van der Waals surface area (Å²) < 4.78 is 5.77. The predicted molar refractivity (Wildman–Crippen MR) is 79.2 cm³/mol. The number of rotatable bonds is 3. The number of benzene rings is 2. The number of carboxylic acid groups (broad SMARTS) is 1. The molecule has 2 aromatic carbocycles. The van der Waals surface area contributed by atoms with E-state index in [0.29, 0.717) is 5.56 Å². The van der Waals surface area contributed by atoms with Gasteiger partial charge in [-0.15, -0.1) is 0 Å². The summed E-state index contributed by atoms with van der Waals surface area (Å²) in [4.78, 5) is 10.8. The van der Waals surface area contributed by atoms with E-state index in [2.05, 4.69) is 0 Å². The molecule has 0 atom stereocenters. The Bertz CT molecular complexity index is 590. The van der Waals surface area contributed by atoms with Gasteiger partial charge in [0.25, 0.3) is 0 Å². The van der Waals surface area contributed by atoms with Crippen molar-refractivity contribution in [2.45, 2.75) is 26.4 Å². The Kier molecular flexibility index (Phi) is 3.79. The third-order valence-corrected chi connectivity index (χ3v) is 2.74. The Labute approximate surface area is 118 Å². The molecule has 0 heterocycles. The summed E-state index contributed by atoms with van der Waals surface area (Å²) >= 11 is 0. The lowest BCUT2D eigenvalue weighted by Crippen LogP contribution is -2.22. The predicted octanol–water partition coefficient (Wildman–Crippen LogP) is 4.23. The molecule has 0 radical (unpaired) electrons. The topological polar surface area (TPSA) is 46.5 Å². The van der Waals surface area contributed by atoms with E-state index >= 15 is 0 Å².